The lowest BCUT2D eigenvalue weighted by molar-refractivity contribution is 1.45. The third-order valence-corrected chi connectivity index (χ3v) is 2.25. The zero-order valence-corrected chi connectivity index (χ0v) is 6.98. The molecule has 0 radical (unpaired) electrons. The molecule has 1 rings (SSSR count). The zero-order valence-electron chi connectivity index (χ0n) is 6.16. The smallest absolute Gasteiger partial charge is 0.0933 e. The Labute approximate surface area is 69.6 Å². The van der Waals surface area contributed by atoms with E-state index in [-0.39, 0.29) is 0 Å². The maximum absolute atomic E-state index is 8.32. The van der Waals surface area contributed by atoms with Gasteiger partial charge < -0.3 is 5.73 Å². The molecule has 0 aromatic carbocycles. The Morgan fingerprint density at radius 3 is 2.91 bits per heavy atom. The molecule has 0 aliphatic heterocycles. The topological polar surface area (TPSA) is 49.8 Å². The highest BCUT2D eigenvalue weighted by atomic mass is 32.1. The van der Waals surface area contributed by atoms with Crippen LogP contribution in [0.15, 0.2) is 16.8 Å². The summed E-state index contributed by atoms with van der Waals surface area (Å²) >= 11 is 1.59. The van der Waals surface area contributed by atoms with Gasteiger partial charge >= 0.3 is 0 Å². The molecule has 3 heteroatoms. The lowest BCUT2D eigenvalue weighted by Gasteiger charge is -1.95. The average Bonchev–Trinajstić information content (AvgIpc) is 2.36. The Kier molecular flexibility index (Phi) is 2.29. The van der Waals surface area contributed by atoms with Gasteiger partial charge in [-0.3, -0.25) is 0 Å². The van der Waals surface area contributed by atoms with Crippen molar-refractivity contribution in [3.63, 3.8) is 0 Å². The number of nitrogens with two attached hydrogens (primary N) is 1. The number of rotatable bonds is 1. The van der Waals surface area contributed by atoms with Gasteiger partial charge in [0.1, 0.15) is 0 Å². The minimum absolute atomic E-state index is 0.547. The van der Waals surface area contributed by atoms with Crippen LogP contribution in [0.1, 0.15) is 11.1 Å². The first-order valence-corrected chi connectivity index (χ1v) is 4.08. The normalized spacial score (nSPS) is 11.1. The molecule has 0 fully saturated rings. The first-order chi connectivity index (χ1) is 5.25. The second-order valence-corrected chi connectivity index (χ2v) is 2.94. The highest BCUT2D eigenvalue weighted by Crippen LogP contribution is 2.18. The van der Waals surface area contributed by atoms with Gasteiger partial charge in [-0.1, -0.05) is 0 Å². The van der Waals surface area contributed by atoms with Gasteiger partial charge in [0.15, 0.2) is 0 Å². The third-order valence-electron chi connectivity index (χ3n) is 1.39. The van der Waals surface area contributed by atoms with Crippen LogP contribution in [-0.2, 0) is 0 Å². The van der Waals surface area contributed by atoms with Crippen molar-refractivity contribution >= 4 is 17.0 Å². The maximum atomic E-state index is 8.32. The highest BCUT2D eigenvalue weighted by molar-refractivity contribution is 7.08. The van der Waals surface area contributed by atoms with Gasteiger partial charge in [-0.2, -0.15) is 16.6 Å². The Hall–Kier alpha value is -1.27. The van der Waals surface area contributed by atoms with Gasteiger partial charge in [-0.15, -0.1) is 0 Å². The molecule has 0 unspecified atom stereocenters. The van der Waals surface area contributed by atoms with Crippen molar-refractivity contribution in [3.05, 3.63) is 28.0 Å². The van der Waals surface area contributed by atoms with Crippen LogP contribution in [0.5, 0.6) is 0 Å². The van der Waals surface area contributed by atoms with E-state index in [1.54, 1.807) is 11.3 Å². The Balaban J connectivity index is 3.04. The molecule has 0 saturated heterocycles. The van der Waals surface area contributed by atoms with Gasteiger partial charge in [0, 0.05) is 17.0 Å². The summed E-state index contributed by atoms with van der Waals surface area (Å²) in [5.41, 5.74) is 8.24. The molecule has 2 N–H and O–H groups in total. The molecular weight excluding hydrogens is 156 g/mol. The predicted octanol–water partition coefficient (Wildman–Crippen LogP) is 1.88. The van der Waals surface area contributed by atoms with Crippen molar-refractivity contribution in [1.29, 1.82) is 5.26 Å². The largest absolute Gasteiger partial charge is 0.398 e. The third kappa shape index (κ3) is 1.60. The molecule has 1 aromatic heterocycles. The Morgan fingerprint density at radius 1 is 1.73 bits per heavy atom. The summed E-state index contributed by atoms with van der Waals surface area (Å²) in [5.74, 6) is 0. The lowest BCUT2D eigenvalue weighted by atomic mass is 10.1. The van der Waals surface area contributed by atoms with E-state index in [0.29, 0.717) is 5.70 Å². The molecule has 0 bridgehead atoms. The van der Waals surface area contributed by atoms with E-state index in [0.717, 1.165) is 11.1 Å². The number of hydrogen-bond acceptors (Lipinski definition) is 3. The van der Waals surface area contributed by atoms with Crippen LogP contribution >= 0.6 is 11.3 Å². The van der Waals surface area contributed by atoms with E-state index in [9.17, 15) is 0 Å². The van der Waals surface area contributed by atoms with Crippen LogP contribution in [-0.4, -0.2) is 0 Å². The molecule has 2 nitrogen and oxygen atoms in total. The molecular formula is C8H8N2S. The monoisotopic (exact) mass is 164 g/mol. The Bertz CT molecular complexity index is 317. The van der Waals surface area contributed by atoms with Gasteiger partial charge in [0.05, 0.1) is 11.8 Å². The molecule has 0 spiro atoms. The fraction of sp³-hybridized carbons (Fsp3) is 0.125. The number of allylic oxidation sites excluding steroid dienone is 1. The van der Waals surface area contributed by atoms with Gasteiger partial charge in [-0.05, 0) is 17.9 Å². The molecule has 0 aliphatic carbocycles. The molecule has 56 valence electrons. The fourth-order valence-electron chi connectivity index (χ4n) is 0.804. The summed E-state index contributed by atoms with van der Waals surface area (Å²) < 4.78 is 0. The fourth-order valence-corrected chi connectivity index (χ4v) is 1.66. The number of thiophene rings is 1. The van der Waals surface area contributed by atoms with E-state index >= 15 is 0 Å². The molecule has 1 heterocycles. The summed E-state index contributed by atoms with van der Waals surface area (Å²) in [5, 5.41) is 12.3. The summed E-state index contributed by atoms with van der Waals surface area (Å²) in [6.07, 6.45) is 1.36. The molecule has 0 atom stereocenters. The van der Waals surface area contributed by atoms with Crippen molar-refractivity contribution < 1.29 is 0 Å². The summed E-state index contributed by atoms with van der Waals surface area (Å²) in [6.45, 7) is 1.98. The van der Waals surface area contributed by atoms with Crippen LogP contribution in [0, 0.1) is 18.3 Å². The molecule has 0 amide bonds. The first kappa shape index (κ1) is 7.83. The van der Waals surface area contributed by atoms with E-state index in [4.69, 9.17) is 11.0 Å². The summed E-state index contributed by atoms with van der Waals surface area (Å²) in [7, 11) is 0. The quantitative estimate of drug-likeness (QED) is 0.644. The van der Waals surface area contributed by atoms with E-state index in [1.807, 2.05) is 23.8 Å². The molecule has 1 aromatic rings. The second kappa shape index (κ2) is 3.22. The van der Waals surface area contributed by atoms with Gasteiger partial charge in [0.25, 0.3) is 0 Å². The van der Waals surface area contributed by atoms with Crippen LogP contribution in [0.2, 0.25) is 0 Å². The molecule has 0 aliphatic rings. The van der Waals surface area contributed by atoms with E-state index in [2.05, 4.69) is 0 Å². The van der Waals surface area contributed by atoms with Crippen LogP contribution < -0.4 is 5.73 Å². The number of nitriles is 1. The van der Waals surface area contributed by atoms with Crippen molar-refractivity contribution in [2.75, 3.05) is 0 Å². The van der Waals surface area contributed by atoms with E-state index in [1.165, 1.54) is 6.08 Å². The van der Waals surface area contributed by atoms with E-state index < -0.39 is 0 Å². The summed E-state index contributed by atoms with van der Waals surface area (Å²) in [4.78, 5) is 0. The first-order valence-electron chi connectivity index (χ1n) is 3.14. The molecule has 11 heavy (non-hydrogen) atoms. The lowest BCUT2D eigenvalue weighted by Crippen LogP contribution is -1.95. The van der Waals surface area contributed by atoms with Gasteiger partial charge in [-0.25, -0.2) is 0 Å². The van der Waals surface area contributed by atoms with Crippen molar-refractivity contribution in [3.8, 4) is 6.07 Å². The highest BCUT2D eigenvalue weighted by Gasteiger charge is 2.00. The number of aryl methyl sites for hydroxylation is 1. The summed E-state index contributed by atoms with van der Waals surface area (Å²) in [6, 6.07) is 1.90. The van der Waals surface area contributed by atoms with Crippen molar-refractivity contribution in [1.82, 2.24) is 0 Å². The second-order valence-electron chi connectivity index (χ2n) is 2.20. The Morgan fingerprint density at radius 2 is 2.45 bits per heavy atom. The average molecular weight is 164 g/mol. The SMILES string of the molecule is Cc1cscc1/C(N)=C/C#N. The van der Waals surface area contributed by atoms with Crippen LogP contribution in [0.25, 0.3) is 5.70 Å². The van der Waals surface area contributed by atoms with Crippen LogP contribution in [0.4, 0.5) is 0 Å². The molecule has 0 saturated carbocycles. The maximum Gasteiger partial charge on any atom is 0.0933 e. The minimum atomic E-state index is 0.547. The number of hydrogen-bond donors (Lipinski definition) is 1. The predicted molar refractivity (Wildman–Crippen MR) is 46.8 cm³/mol. The van der Waals surface area contributed by atoms with Crippen LogP contribution in [0.3, 0.4) is 0 Å². The van der Waals surface area contributed by atoms with Gasteiger partial charge in [0.2, 0.25) is 0 Å². The van der Waals surface area contributed by atoms with Crippen molar-refractivity contribution in [2.45, 2.75) is 6.92 Å². The number of nitrogens with zero attached hydrogens (tertiary/aromatic N) is 1. The van der Waals surface area contributed by atoms with Crippen molar-refractivity contribution in [2.24, 2.45) is 5.73 Å². The minimum Gasteiger partial charge on any atom is -0.398 e. The standard InChI is InChI=1S/C8H8N2S/c1-6-4-11-5-7(6)8(10)2-3-9/h2,4-5H,10H2,1H3/b8-2-. The zero-order chi connectivity index (χ0) is 8.27.